The predicted octanol–water partition coefficient (Wildman–Crippen LogP) is 3.84. The molecular formula is C22H23NO2. The van der Waals surface area contributed by atoms with E-state index < -0.39 is 0 Å². The Morgan fingerprint density at radius 3 is 2.32 bits per heavy atom. The minimum Gasteiger partial charge on any atom is -0.497 e. The van der Waals surface area contributed by atoms with E-state index in [1.165, 1.54) is 11.1 Å². The maximum atomic E-state index is 12.9. The first-order chi connectivity index (χ1) is 12.2. The van der Waals surface area contributed by atoms with Gasteiger partial charge in [0, 0.05) is 31.3 Å². The van der Waals surface area contributed by atoms with Gasteiger partial charge in [0.1, 0.15) is 5.75 Å². The zero-order chi connectivity index (χ0) is 17.4. The van der Waals surface area contributed by atoms with Gasteiger partial charge in [-0.05, 0) is 23.3 Å². The molecule has 0 N–H and O–H groups in total. The number of rotatable bonds is 3. The molecule has 0 radical (unpaired) electrons. The number of methoxy groups -OCH3 is 1. The van der Waals surface area contributed by atoms with Crippen LogP contribution in [0.25, 0.3) is 0 Å². The monoisotopic (exact) mass is 333 g/mol. The van der Waals surface area contributed by atoms with Crippen LogP contribution < -0.4 is 4.74 Å². The van der Waals surface area contributed by atoms with Crippen LogP contribution in [-0.4, -0.2) is 31.5 Å². The Labute approximate surface area is 148 Å². The van der Waals surface area contributed by atoms with E-state index in [1.54, 1.807) is 7.11 Å². The molecule has 1 saturated heterocycles. The van der Waals surface area contributed by atoms with Crippen LogP contribution in [0.5, 0.6) is 5.75 Å². The Balaban J connectivity index is 1.79. The van der Waals surface area contributed by atoms with E-state index in [9.17, 15) is 4.79 Å². The number of fused-ring (bicyclic) bond motifs is 1. The van der Waals surface area contributed by atoms with Crippen molar-refractivity contribution in [3.8, 4) is 5.75 Å². The minimum absolute atomic E-state index is 0.0181. The predicted molar refractivity (Wildman–Crippen MR) is 98.7 cm³/mol. The van der Waals surface area contributed by atoms with Gasteiger partial charge in [-0.2, -0.15) is 0 Å². The second-order valence-electron chi connectivity index (χ2n) is 7.03. The molecule has 0 unspecified atom stereocenters. The van der Waals surface area contributed by atoms with E-state index in [4.69, 9.17) is 4.74 Å². The van der Waals surface area contributed by atoms with Crippen LogP contribution >= 0.6 is 0 Å². The molecule has 1 aliphatic heterocycles. The summed E-state index contributed by atoms with van der Waals surface area (Å²) in [6, 6.07) is 18.7. The fraction of sp³-hybridized carbons (Fsp3) is 0.318. The molecule has 4 atom stereocenters. The highest BCUT2D eigenvalue weighted by atomic mass is 16.5. The lowest BCUT2D eigenvalue weighted by Crippen LogP contribution is -2.32. The second-order valence-corrected chi connectivity index (χ2v) is 7.03. The number of hydrogen-bond donors (Lipinski definition) is 0. The standard InChI is InChI=1S/C22H23NO2/c1-23-14-17-10-13-19(15-8-11-18(25-2)12-9-15)20(21(17)22(23)24)16-6-4-3-5-7-16/h3-13,17,19-21H,14H2,1-2H3/t17-,19+,20-,21-/m1/s1. The fourth-order valence-electron chi connectivity index (χ4n) is 4.40. The lowest BCUT2D eigenvalue weighted by molar-refractivity contribution is -0.130. The van der Waals surface area contributed by atoms with Gasteiger partial charge in [-0.3, -0.25) is 4.79 Å². The third kappa shape index (κ3) is 2.74. The number of ether oxygens (including phenoxy) is 1. The lowest BCUT2D eigenvalue weighted by Gasteiger charge is -2.35. The molecule has 4 rings (SSSR count). The van der Waals surface area contributed by atoms with Crippen molar-refractivity contribution in [1.82, 2.24) is 4.90 Å². The Kier molecular flexibility index (Phi) is 4.08. The first-order valence-electron chi connectivity index (χ1n) is 8.81. The Morgan fingerprint density at radius 1 is 0.920 bits per heavy atom. The van der Waals surface area contributed by atoms with Gasteiger partial charge in [-0.15, -0.1) is 0 Å². The zero-order valence-electron chi connectivity index (χ0n) is 14.6. The van der Waals surface area contributed by atoms with Crippen LogP contribution in [0, 0.1) is 11.8 Å². The zero-order valence-corrected chi connectivity index (χ0v) is 14.6. The Morgan fingerprint density at radius 2 is 1.64 bits per heavy atom. The number of allylic oxidation sites excluding steroid dienone is 1. The highest BCUT2D eigenvalue weighted by Crippen LogP contribution is 2.49. The number of hydrogen-bond acceptors (Lipinski definition) is 2. The van der Waals surface area contributed by atoms with Crippen LogP contribution in [0.3, 0.4) is 0 Å². The molecule has 1 fully saturated rings. The van der Waals surface area contributed by atoms with Gasteiger partial charge in [0.2, 0.25) is 5.91 Å². The third-order valence-corrected chi connectivity index (χ3v) is 5.63. The largest absolute Gasteiger partial charge is 0.497 e. The molecule has 25 heavy (non-hydrogen) atoms. The van der Waals surface area contributed by atoms with Crippen molar-refractivity contribution in [3.05, 3.63) is 77.9 Å². The normalized spacial score (nSPS) is 28.1. The van der Waals surface area contributed by atoms with E-state index in [1.807, 2.05) is 30.1 Å². The van der Waals surface area contributed by atoms with Gasteiger partial charge < -0.3 is 9.64 Å². The van der Waals surface area contributed by atoms with Gasteiger partial charge in [-0.1, -0.05) is 54.6 Å². The number of carbonyl (C=O) groups is 1. The van der Waals surface area contributed by atoms with Crippen molar-refractivity contribution in [3.63, 3.8) is 0 Å². The van der Waals surface area contributed by atoms with E-state index in [2.05, 4.69) is 48.6 Å². The summed E-state index contributed by atoms with van der Waals surface area (Å²) in [5.74, 6) is 1.81. The summed E-state index contributed by atoms with van der Waals surface area (Å²) < 4.78 is 5.29. The molecule has 3 heteroatoms. The Hall–Kier alpha value is -2.55. The summed E-state index contributed by atoms with van der Waals surface area (Å²) >= 11 is 0. The van der Waals surface area contributed by atoms with Crippen LogP contribution in [0.15, 0.2) is 66.7 Å². The highest BCUT2D eigenvalue weighted by molar-refractivity contribution is 5.83. The van der Waals surface area contributed by atoms with Gasteiger partial charge in [0.25, 0.3) is 0 Å². The smallest absolute Gasteiger partial charge is 0.226 e. The topological polar surface area (TPSA) is 29.5 Å². The molecule has 0 saturated carbocycles. The summed E-state index contributed by atoms with van der Waals surface area (Å²) in [5.41, 5.74) is 2.47. The molecular weight excluding hydrogens is 310 g/mol. The first-order valence-corrected chi connectivity index (χ1v) is 8.81. The van der Waals surface area contributed by atoms with Gasteiger partial charge in [0.05, 0.1) is 13.0 Å². The molecule has 3 nitrogen and oxygen atoms in total. The van der Waals surface area contributed by atoms with E-state index >= 15 is 0 Å². The summed E-state index contributed by atoms with van der Waals surface area (Å²) in [6.45, 7) is 0.818. The molecule has 128 valence electrons. The second kappa shape index (κ2) is 6.40. The molecule has 1 amide bonds. The molecule has 1 heterocycles. The lowest BCUT2D eigenvalue weighted by atomic mass is 9.66. The average Bonchev–Trinajstić information content (AvgIpc) is 2.96. The summed E-state index contributed by atoms with van der Waals surface area (Å²) in [7, 11) is 3.60. The maximum absolute atomic E-state index is 12.9. The molecule has 1 aliphatic carbocycles. The molecule has 0 bridgehead atoms. The van der Waals surface area contributed by atoms with Crippen molar-refractivity contribution in [2.24, 2.45) is 11.8 Å². The summed E-state index contributed by atoms with van der Waals surface area (Å²) in [4.78, 5) is 14.8. The number of benzene rings is 2. The number of carbonyl (C=O) groups excluding carboxylic acids is 1. The van der Waals surface area contributed by atoms with Crippen molar-refractivity contribution < 1.29 is 9.53 Å². The summed E-state index contributed by atoms with van der Waals surface area (Å²) in [5, 5.41) is 0. The van der Waals surface area contributed by atoms with Crippen LogP contribution in [0.4, 0.5) is 0 Å². The SMILES string of the molecule is COc1ccc([C@@H]2C=C[C@@H]3CN(C)C(=O)[C@H]3[C@@H]2c2ccccc2)cc1. The number of likely N-dealkylation sites (tertiary alicyclic amines) is 1. The van der Waals surface area contributed by atoms with Crippen LogP contribution in [-0.2, 0) is 4.79 Å². The molecule has 2 aliphatic rings. The first kappa shape index (κ1) is 15.9. The maximum Gasteiger partial charge on any atom is 0.226 e. The van der Waals surface area contributed by atoms with Gasteiger partial charge in [0.15, 0.2) is 0 Å². The van der Waals surface area contributed by atoms with E-state index in [0.29, 0.717) is 5.92 Å². The van der Waals surface area contributed by atoms with E-state index in [0.717, 1.165) is 12.3 Å². The van der Waals surface area contributed by atoms with E-state index in [-0.39, 0.29) is 23.7 Å². The fourth-order valence-corrected chi connectivity index (χ4v) is 4.40. The molecule has 2 aromatic carbocycles. The van der Waals surface area contributed by atoms with Crippen molar-refractivity contribution >= 4 is 5.91 Å². The Bertz CT molecular complexity index is 781. The van der Waals surface area contributed by atoms with Crippen LogP contribution in [0.1, 0.15) is 23.0 Å². The van der Waals surface area contributed by atoms with Crippen molar-refractivity contribution in [2.75, 3.05) is 20.7 Å². The number of amides is 1. The van der Waals surface area contributed by atoms with Crippen LogP contribution in [0.2, 0.25) is 0 Å². The quantitative estimate of drug-likeness (QED) is 0.799. The molecule has 0 aromatic heterocycles. The molecule has 2 aromatic rings. The van der Waals surface area contributed by atoms with Gasteiger partial charge >= 0.3 is 0 Å². The van der Waals surface area contributed by atoms with Crippen molar-refractivity contribution in [1.29, 1.82) is 0 Å². The van der Waals surface area contributed by atoms with Crippen molar-refractivity contribution in [2.45, 2.75) is 11.8 Å². The third-order valence-electron chi connectivity index (χ3n) is 5.63. The molecule has 0 spiro atoms. The summed E-state index contributed by atoms with van der Waals surface area (Å²) in [6.07, 6.45) is 4.55. The minimum atomic E-state index is 0.0181. The average molecular weight is 333 g/mol. The number of nitrogens with zero attached hydrogens (tertiary/aromatic N) is 1. The highest BCUT2D eigenvalue weighted by Gasteiger charge is 2.47. The van der Waals surface area contributed by atoms with Gasteiger partial charge in [-0.25, -0.2) is 0 Å².